The van der Waals surface area contributed by atoms with Crippen LogP contribution in [0.15, 0.2) is 36.5 Å². The van der Waals surface area contributed by atoms with Gasteiger partial charge in [-0.3, -0.25) is 4.55 Å². The first-order valence-electron chi connectivity index (χ1n) is 21.4. The number of ether oxygens (including phenoxy) is 3. The van der Waals surface area contributed by atoms with Crippen LogP contribution in [-0.4, -0.2) is 110 Å². The molecule has 0 aliphatic rings. The van der Waals surface area contributed by atoms with Gasteiger partial charge >= 0.3 is 42.1 Å². The standard InChI is InChI=1S/C22H44O6Si3.C10H20O3Si.C4H12OSi.CHF3O3S.2H2/c1-19(2)21(23)25-15-11-13-17-29(5,6)27-31(9,10)28-30(7,8)18-14-12-16-26-22(24)20(3)4;1-9(2)10(11)13-7-5-6-8-14(3,4)12;1-5-6(2,3)4;2-1(3,4)8(5,6)7;;/h1,3,11-18H2,2,4-10H3;12H,1,5-8H2,2-4H3;1-4H3;(H,5,6,7);2*1H/i;;;;2*1+1D. The average Bonchev–Trinajstić information content (AvgIpc) is 3.10. The number of rotatable bonds is 23. The molecule has 0 aliphatic carbocycles. The Bertz CT molecular complexity index is 1380. The molecule has 0 aromatic heterocycles. The number of halogens is 3. The third-order valence-corrected chi connectivity index (χ3v) is 22.1. The first-order valence-corrected chi connectivity index (χ1v) is 36.5. The number of esters is 3. The molecule has 0 radical (unpaired) electrons. The minimum Gasteiger partial charge on any atom is -0.462 e. The van der Waals surface area contributed by atoms with Crippen LogP contribution in [0.2, 0.25) is 90.1 Å². The van der Waals surface area contributed by atoms with Gasteiger partial charge in [0.25, 0.3) is 0 Å². The molecule has 0 aromatic rings. The molecule has 0 aromatic carbocycles. The smallest absolute Gasteiger partial charge is 0.462 e. The van der Waals surface area contributed by atoms with Crippen LogP contribution in [-0.2, 0) is 51.4 Å². The molecule has 2 N–H and O–H groups in total. The van der Waals surface area contributed by atoms with Crippen LogP contribution in [0.3, 0.4) is 0 Å². The molecule has 59 heavy (non-hydrogen) atoms. The van der Waals surface area contributed by atoms with E-state index in [-0.39, 0.29) is 17.9 Å². The Morgan fingerprint density at radius 1 is 0.610 bits per heavy atom. The molecule has 0 fully saturated rings. The summed E-state index contributed by atoms with van der Waals surface area (Å²) in [7, 11) is -13.1. The SMILES string of the molecule is C=C(C)C(=O)OCCCC[Si](C)(C)O.C=C(C)C(=O)OCCCC[Si](C)(C)O[Si](C)(C)O[Si](C)(C)CCCCOC(=O)C(=C)C.CO[Si](C)(C)C.O=S(=O)(O)C(F)(F)F.[2H][2H].[2H][2H]. The van der Waals surface area contributed by atoms with Crippen LogP contribution < -0.4 is 0 Å². The molecule has 0 atom stereocenters. The summed E-state index contributed by atoms with van der Waals surface area (Å²) in [6.45, 7) is 40.4. The van der Waals surface area contributed by atoms with E-state index in [1.807, 2.05) is 13.1 Å². The third-order valence-electron chi connectivity index (χ3n) is 7.22. The van der Waals surface area contributed by atoms with Crippen molar-refractivity contribution in [3.8, 4) is 0 Å². The first-order chi connectivity index (χ1) is 28.2. The zero-order chi connectivity index (χ0) is 51.7. The highest BCUT2D eigenvalue weighted by Gasteiger charge is 2.44. The summed E-state index contributed by atoms with van der Waals surface area (Å²) in [4.78, 5) is 43.3. The first kappa shape index (κ1) is 59.3. The van der Waals surface area contributed by atoms with Gasteiger partial charge in [-0.15, -0.1) is 0 Å². The van der Waals surface area contributed by atoms with Crippen molar-refractivity contribution >= 4 is 69.9 Å². The predicted molar refractivity (Wildman–Crippen MR) is 246 cm³/mol. The average molecular weight is 968 g/mol. The number of hydrogen-bond acceptors (Lipinski definition) is 12. The summed E-state index contributed by atoms with van der Waals surface area (Å²) in [5.74, 6) is -0.975. The Morgan fingerprint density at radius 2 is 0.847 bits per heavy atom. The molecule has 0 heterocycles. The lowest BCUT2D eigenvalue weighted by molar-refractivity contribution is -0.139. The van der Waals surface area contributed by atoms with Gasteiger partial charge in [0.05, 0.1) is 19.8 Å². The van der Waals surface area contributed by atoms with Gasteiger partial charge in [0.15, 0.2) is 33.3 Å². The van der Waals surface area contributed by atoms with E-state index in [0.29, 0.717) is 36.5 Å². The van der Waals surface area contributed by atoms with Gasteiger partial charge in [0, 0.05) is 29.8 Å². The van der Waals surface area contributed by atoms with Crippen LogP contribution >= 0.6 is 0 Å². The van der Waals surface area contributed by atoms with E-state index in [9.17, 15) is 32.4 Å². The van der Waals surface area contributed by atoms with Crippen molar-refractivity contribution in [2.45, 2.75) is 155 Å². The Labute approximate surface area is 365 Å². The Hall–Kier alpha value is -1.75. The van der Waals surface area contributed by atoms with Crippen molar-refractivity contribution in [2.24, 2.45) is 0 Å². The quantitative estimate of drug-likeness (QED) is 0.0188. The van der Waals surface area contributed by atoms with Crippen molar-refractivity contribution in [2.75, 3.05) is 26.9 Å². The zero-order valence-corrected chi connectivity index (χ0v) is 44.4. The number of unbranched alkanes of at least 4 members (excludes halogenated alkanes) is 3. The topological polar surface area (TPSA) is 181 Å². The van der Waals surface area contributed by atoms with Crippen molar-refractivity contribution in [1.82, 2.24) is 0 Å². The lowest BCUT2D eigenvalue weighted by Crippen LogP contribution is -2.52. The molecule has 0 unspecified atom stereocenters. The second-order valence-corrected chi connectivity index (χ2v) is 39.9. The fraction of sp³-hybridized carbons (Fsp3) is 0.757. The van der Waals surface area contributed by atoms with Gasteiger partial charge in [0.1, 0.15) is 0 Å². The van der Waals surface area contributed by atoms with Crippen molar-refractivity contribution < 1.29 is 78.1 Å². The van der Waals surface area contributed by atoms with Gasteiger partial charge in [-0.1, -0.05) is 39.0 Å². The number of alkyl halides is 3. The maximum absolute atomic E-state index is 11.4. The van der Waals surface area contributed by atoms with Gasteiger partial charge < -0.3 is 31.7 Å². The molecule has 0 saturated carbocycles. The summed E-state index contributed by atoms with van der Waals surface area (Å²) >= 11 is 0. The largest absolute Gasteiger partial charge is 0.522 e. The van der Waals surface area contributed by atoms with Crippen LogP contribution in [0.25, 0.3) is 0 Å². The van der Waals surface area contributed by atoms with Crippen molar-refractivity contribution in [1.29, 1.82) is 0 Å². The lowest BCUT2D eigenvalue weighted by Gasteiger charge is -2.38. The van der Waals surface area contributed by atoms with Crippen LogP contribution in [0.4, 0.5) is 13.2 Å². The summed E-state index contributed by atoms with van der Waals surface area (Å²) in [5, 5.41) is 0. The number of carbonyl (C=O) groups excluding carboxylic acids is 3. The van der Waals surface area contributed by atoms with E-state index in [1.54, 1.807) is 27.9 Å². The van der Waals surface area contributed by atoms with Gasteiger partial charge in [-0.25, -0.2) is 14.4 Å². The highest BCUT2D eigenvalue weighted by molar-refractivity contribution is 7.86. The molecule has 0 aliphatic heterocycles. The molecule has 22 heteroatoms. The summed E-state index contributed by atoms with van der Waals surface area (Å²) in [6.07, 6.45) is 5.33. The van der Waals surface area contributed by atoms with Crippen molar-refractivity contribution in [3.05, 3.63) is 36.5 Å². The Morgan fingerprint density at radius 3 is 1.03 bits per heavy atom. The second kappa shape index (κ2) is 29.5. The fourth-order valence-corrected chi connectivity index (χ4v) is 19.6. The Balaban J connectivity index is -0.000000207. The van der Waals surface area contributed by atoms with E-state index < -0.39 is 57.5 Å². The molecular weight excluding hydrogens is 882 g/mol. The van der Waals surface area contributed by atoms with Crippen molar-refractivity contribution in [3.63, 3.8) is 0 Å². The molecule has 0 saturated heterocycles. The highest BCUT2D eigenvalue weighted by Crippen LogP contribution is 2.27. The molecule has 0 bridgehead atoms. The van der Waals surface area contributed by atoms with Crippen LogP contribution in [0.1, 0.15) is 65.2 Å². The minimum absolute atomic E-state index is 0.323. The van der Waals surface area contributed by atoms with E-state index in [1.165, 1.54) is 0 Å². The monoisotopic (exact) mass is 966 g/mol. The van der Waals surface area contributed by atoms with Gasteiger partial charge in [0.2, 0.25) is 0 Å². The number of carbonyl (C=O) groups is 3. The zero-order valence-electron chi connectivity index (χ0n) is 42.5. The minimum atomic E-state index is -5.84. The fourth-order valence-electron chi connectivity index (χ4n) is 4.28. The predicted octanol–water partition coefficient (Wildman–Crippen LogP) is 10.4. The normalized spacial score (nSPS) is 12.5. The van der Waals surface area contributed by atoms with Gasteiger partial charge in [-0.05, 0) is 130 Å². The summed E-state index contributed by atoms with van der Waals surface area (Å²) in [6, 6.07) is 2.87. The lowest BCUT2D eigenvalue weighted by atomic mass is 10.3. The van der Waals surface area contributed by atoms with Gasteiger partial charge in [-0.2, -0.15) is 21.6 Å². The maximum Gasteiger partial charge on any atom is 0.522 e. The molecule has 0 amide bonds. The van der Waals surface area contributed by atoms with E-state index >= 15 is 0 Å². The Kier molecular flexibility index (Phi) is 29.7. The molecule has 13 nitrogen and oxygen atoms in total. The molecule has 354 valence electrons. The molecule has 0 rings (SSSR count). The van der Waals surface area contributed by atoms with E-state index in [2.05, 4.69) is 78.7 Å². The molecule has 0 spiro atoms. The maximum atomic E-state index is 11.4. The highest BCUT2D eigenvalue weighted by atomic mass is 32.2. The van der Waals surface area contributed by atoms with Crippen LogP contribution in [0.5, 0.6) is 0 Å². The summed E-state index contributed by atoms with van der Waals surface area (Å²) < 4.78 is 111. The second-order valence-electron chi connectivity index (χ2n) is 17.3. The van der Waals surface area contributed by atoms with E-state index in [4.69, 9.17) is 45.8 Å². The third kappa shape index (κ3) is 44.1. The molecular formula is C37H81F3O13SSi5. The number of hydrogen-bond donors (Lipinski definition) is 2. The van der Waals surface area contributed by atoms with Crippen LogP contribution in [0, 0.1) is 0 Å². The summed E-state index contributed by atoms with van der Waals surface area (Å²) in [5.41, 5.74) is -4.24. The van der Waals surface area contributed by atoms with E-state index in [0.717, 1.165) is 56.7 Å².